The Hall–Kier alpha value is -2.89. The van der Waals surface area contributed by atoms with Crippen LogP contribution in [-0.4, -0.2) is 15.1 Å². The maximum Gasteiger partial charge on any atom is 0.229 e. The lowest BCUT2D eigenvalue weighted by Gasteiger charge is -2.19. The summed E-state index contributed by atoms with van der Waals surface area (Å²) in [6, 6.07) is 11.9. The summed E-state index contributed by atoms with van der Waals surface area (Å²) in [5.74, 6) is 2.52. The van der Waals surface area contributed by atoms with E-state index >= 15 is 0 Å². The lowest BCUT2D eigenvalue weighted by Crippen LogP contribution is -2.10. The number of nitrogens with one attached hydrogen (secondary N) is 2. The van der Waals surface area contributed by atoms with Gasteiger partial charge in [-0.05, 0) is 36.1 Å². The van der Waals surface area contributed by atoms with Gasteiger partial charge in [-0.3, -0.25) is 0 Å². The molecule has 0 aliphatic carbocycles. The molecule has 0 amide bonds. The number of aromatic nitrogens is 3. The van der Waals surface area contributed by atoms with Gasteiger partial charge in [0.2, 0.25) is 5.95 Å². The first-order chi connectivity index (χ1) is 11.4. The molecule has 0 atom stereocenters. The summed E-state index contributed by atoms with van der Waals surface area (Å²) in [5.41, 5.74) is 2.36. The fourth-order valence-electron chi connectivity index (χ4n) is 2.23. The quantitative estimate of drug-likeness (QED) is 0.733. The Morgan fingerprint density at radius 2 is 1.71 bits per heavy atom. The Balaban J connectivity index is 1.72. The zero-order valence-corrected chi connectivity index (χ0v) is 14.3. The highest BCUT2D eigenvalue weighted by Gasteiger charge is 2.13. The molecule has 0 bridgehead atoms. The maximum atomic E-state index is 5.03. The molecule has 0 saturated carbocycles. The molecule has 3 aromatic rings. The molecule has 6 heteroatoms. The molecule has 0 spiro atoms. The molecule has 0 radical (unpaired) electrons. The highest BCUT2D eigenvalue weighted by molar-refractivity contribution is 5.57. The first-order valence-electron chi connectivity index (χ1n) is 7.81. The van der Waals surface area contributed by atoms with Gasteiger partial charge >= 0.3 is 0 Å². The van der Waals surface area contributed by atoms with Crippen molar-refractivity contribution in [1.82, 2.24) is 15.1 Å². The second-order valence-electron chi connectivity index (χ2n) is 6.67. The Morgan fingerprint density at radius 1 is 0.958 bits per heavy atom. The van der Waals surface area contributed by atoms with Crippen LogP contribution in [0.5, 0.6) is 0 Å². The second kappa shape index (κ2) is 6.31. The number of aryl methyl sites for hydroxylation is 1. The van der Waals surface area contributed by atoms with Crippen molar-refractivity contribution in [3.05, 3.63) is 53.9 Å². The molecule has 0 unspecified atom stereocenters. The lowest BCUT2D eigenvalue weighted by molar-refractivity contribution is 0.400. The van der Waals surface area contributed by atoms with E-state index in [0.29, 0.717) is 17.6 Å². The SMILES string of the molecule is Cc1cc(Nc2ccnc(Nc3ccc(C(C)(C)C)cc3)n2)no1. The summed E-state index contributed by atoms with van der Waals surface area (Å²) in [4.78, 5) is 8.68. The average Bonchev–Trinajstić information content (AvgIpc) is 2.92. The van der Waals surface area contributed by atoms with E-state index in [9.17, 15) is 0 Å². The van der Waals surface area contributed by atoms with Crippen LogP contribution < -0.4 is 10.6 Å². The van der Waals surface area contributed by atoms with Crippen molar-refractivity contribution in [2.45, 2.75) is 33.1 Å². The summed E-state index contributed by atoms with van der Waals surface area (Å²) >= 11 is 0. The van der Waals surface area contributed by atoms with E-state index in [0.717, 1.165) is 11.4 Å². The largest absolute Gasteiger partial charge is 0.360 e. The zero-order valence-electron chi connectivity index (χ0n) is 14.3. The lowest BCUT2D eigenvalue weighted by atomic mass is 9.87. The van der Waals surface area contributed by atoms with Gasteiger partial charge in [0.05, 0.1) is 0 Å². The van der Waals surface area contributed by atoms with Crippen molar-refractivity contribution in [2.75, 3.05) is 10.6 Å². The Morgan fingerprint density at radius 3 is 2.33 bits per heavy atom. The predicted octanol–water partition coefficient (Wildman–Crippen LogP) is 4.56. The minimum atomic E-state index is 0.134. The number of hydrogen-bond donors (Lipinski definition) is 2. The standard InChI is InChI=1S/C18H21N5O/c1-12-11-16(23-24-12)21-15-9-10-19-17(22-15)20-14-7-5-13(6-8-14)18(2,3)4/h5-11H,1-4H3,(H2,19,20,21,22,23). The minimum Gasteiger partial charge on any atom is -0.360 e. The molecular formula is C18H21N5O. The van der Waals surface area contributed by atoms with Gasteiger partial charge in [-0.25, -0.2) is 4.98 Å². The Labute approximate surface area is 141 Å². The summed E-state index contributed by atoms with van der Waals surface area (Å²) in [6.07, 6.45) is 1.69. The minimum absolute atomic E-state index is 0.134. The van der Waals surface area contributed by atoms with Crippen LogP contribution in [0.25, 0.3) is 0 Å². The summed E-state index contributed by atoms with van der Waals surface area (Å²) in [7, 11) is 0. The number of anilines is 4. The van der Waals surface area contributed by atoms with Gasteiger partial charge in [-0.15, -0.1) is 0 Å². The molecule has 0 aliphatic rings. The number of benzene rings is 1. The van der Waals surface area contributed by atoms with Crippen molar-refractivity contribution in [3.8, 4) is 0 Å². The van der Waals surface area contributed by atoms with Crippen LogP contribution in [-0.2, 0) is 5.41 Å². The van der Waals surface area contributed by atoms with Crippen LogP contribution in [0.1, 0.15) is 32.1 Å². The van der Waals surface area contributed by atoms with Crippen LogP contribution in [0.2, 0.25) is 0 Å². The van der Waals surface area contributed by atoms with Crippen LogP contribution in [0.4, 0.5) is 23.3 Å². The van der Waals surface area contributed by atoms with Gasteiger partial charge in [0.25, 0.3) is 0 Å². The fourth-order valence-corrected chi connectivity index (χ4v) is 2.23. The number of hydrogen-bond acceptors (Lipinski definition) is 6. The van der Waals surface area contributed by atoms with E-state index in [1.165, 1.54) is 5.56 Å². The first kappa shape index (κ1) is 16.0. The van der Waals surface area contributed by atoms with E-state index in [4.69, 9.17) is 4.52 Å². The van der Waals surface area contributed by atoms with Crippen LogP contribution >= 0.6 is 0 Å². The topological polar surface area (TPSA) is 75.9 Å². The van der Waals surface area contributed by atoms with Crippen molar-refractivity contribution >= 4 is 23.3 Å². The van der Waals surface area contributed by atoms with E-state index < -0.39 is 0 Å². The van der Waals surface area contributed by atoms with Crippen LogP contribution in [0, 0.1) is 6.92 Å². The average molecular weight is 323 g/mol. The monoisotopic (exact) mass is 323 g/mol. The molecule has 24 heavy (non-hydrogen) atoms. The molecule has 3 rings (SSSR count). The Kier molecular flexibility index (Phi) is 4.20. The van der Waals surface area contributed by atoms with E-state index in [1.807, 2.05) is 19.1 Å². The van der Waals surface area contributed by atoms with Crippen molar-refractivity contribution in [3.63, 3.8) is 0 Å². The molecule has 6 nitrogen and oxygen atoms in total. The van der Waals surface area contributed by atoms with Crippen LogP contribution in [0.3, 0.4) is 0 Å². The normalized spacial score (nSPS) is 11.3. The third-order valence-corrected chi connectivity index (χ3v) is 3.55. The van der Waals surface area contributed by atoms with E-state index in [1.54, 1.807) is 18.3 Å². The van der Waals surface area contributed by atoms with Gasteiger partial charge in [0.1, 0.15) is 11.6 Å². The summed E-state index contributed by atoms with van der Waals surface area (Å²) in [5, 5.41) is 10.2. The van der Waals surface area contributed by atoms with Crippen molar-refractivity contribution < 1.29 is 4.52 Å². The predicted molar refractivity (Wildman–Crippen MR) is 95.0 cm³/mol. The maximum absolute atomic E-state index is 5.03. The number of rotatable bonds is 4. The third-order valence-electron chi connectivity index (χ3n) is 3.55. The molecule has 2 N–H and O–H groups in total. The smallest absolute Gasteiger partial charge is 0.229 e. The first-order valence-corrected chi connectivity index (χ1v) is 7.81. The molecule has 0 aliphatic heterocycles. The third kappa shape index (κ3) is 3.90. The van der Waals surface area contributed by atoms with Gasteiger partial charge < -0.3 is 15.2 Å². The highest BCUT2D eigenvalue weighted by atomic mass is 16.5. The molecule has 0 saturated heterocycles. The second-order valence-corrected chi connectivity index (χ2v) is 6.67. The van der Waals surface area contributed by atoms with Crippen molar-refractivity contribution in [2.24, 2.45) is 0 Å². The van der Waals surface area contributed by atoms with Crippen LogP contribution in [0.15, 0.2) is 47.1 Å². The Bertz CT molecular complexity index is 818. The van der Waals surface area contributed by atoms with Gasteiger partial charge in [-0.2, -0.15) is 4.98 Å². The molecule has 2 heterocycles. The summed E-state index contributed by atoms with van der Waals surface area (Å²) in [6.45, 7) is 8.42. The molecular weight excluding hydrogens is 302 g/mol. The number of nitrogens with zero attached hydrogens (tertiary/aromatic N) is 3. The molecule has 1 aromatic carbocycles. The molecule has 2 aromatic heterocycles. The molecule has 124 valence electrons. The van der Waals surface area contributed by atoms with Gasteiger partial charge in [0, 0.05) is 18.0 Å². The van der Waals surface area contributed by atoms with Gasteiger partial charge in [0.15, 0.2) is 5.82 Å². The fraction of sp³-hybridized carbons (Fsp3) is 0.278. The van der Waals surface area contributed by atoms with E-state index in [-0.39, 0.29) is 5.41 Å². The van der Waals surface area contributed by atoms with Crippen molar-refractivity contribution in [1.29, 1.82) is 0 Å². The van der Waals surface area contributed by atoms with E-state index in [2.05, 4.69) is 58.7 Å². The van der Waals surface area contributed by atoms with Gasteiger partial charge in [-0.1, -0.05) is 38.1 Å². The molecule has 0 fully saturated rings. The highest BCUT2D eigenvalue weighted by Crippen LogP contribution is 2.24. The summed E-state index contributed by atoms with van der Waals surface area (Å²) < 4.78 is 5.03. The zero-order chi connectivity index (χ0) is 17.2.